The summed E-state index contributed by atoms with van der Waals surface area (Å²) in [4.78, 5) is 64.8. The Morgan fingerprint density at radius 2 is 0.920 bits per heavy atom. The maximum Gasteiger partial charge on any atom is 0.514 e. The van der Waals surface area contributed by atoms with E-state index in [2.05, 4.69) is 25.9 Å². The maximum atomic E-state index is 11.4. The van der Waals surface area contributed by atoms with Crippen molar-refractivity contribution in [2.45, 2.75) is 104 Å². The van der Waals surface area contributed by atoms with Gasteiger partial charge in [-0.25, -0.2) is 9.59 Å². The first-order valence-electron chi connectivity index (χ1n) is 16.2. The summed E-state index contributed by atoms with van der Waals surface area (Å²) in [5, 5.41) is 45.4. The van der Waals surface area contributed by atoms with E-state index in [0.29, 0.717) is 17.5 Å². The van der Waals surface area contributed by atoms with Gasteiger partial charge >= 0.3 is 35.1 Å². The van der Waals surface area contributed by atoms with Crippen LogP contribution < -0.4 is 9.47 Å². The molecule has 2 rings (SSSR count). The number of hydrogen-bond donors (Lipinski definition) is 0. The largest absolute Gasteiger partial charge is 0.514 e. The van der Waals surface area contributed by atoms with Crippen molar-refractivity contribution in [2.75, 3.05) is 14.2 Å². The monoisotopic (exact) mass is 708 g/mol. The highest BCUT2D eigenvalue weighted by atomic mass is 16.7. The molecule has 0 amide bonds. The number of nitro benzene ring substituents is 4. The Morgan fingerprint density at radius 1 is 0.560 bits per heavy atom. The van der Waals surface area contributed by atoms with Crippen LogP contribution >= 0.6 is 0 Å². The summed E-state index contributed by atoms with van der Waals surface area (Å²) in [7, 11) is 2.02. The zero-order chi connectivity index (χ0) is 38.0. The number of ether oxygens (including phenoxy) is 4. The van der Waals surface area contributed by atoms with E-state index in [9.17, 15) is 50.0 Å². The molecule has 0 aliphatic carbocycles. The minimum Gasteiger partial charge on any atom is -0.437 e. The molecule has 2 aromatic rings. The van der Waals surface area contributed by atoms with Crippen LogP contribution in [-0.2, 0) is 9.47 Å². The molecule has 0 fully saturated rings. The second kappa shape index (κ2) is 21.5. The van der Waals surface area contributed by atoms with Crippen molar-refractivity contribution >= 4 is 35.1 Å². The fourth-order valence-electron chi connectivity index (χ4n) is 5.24. The molecule has 0 N–H and O–H groups in total. The number of hydrogen-bond acceptors (Lipinski definition) is 14. The molecule has 0 aliphatic heterocycles. The van der Waals surface area contributed by atoms with Crippen LogP contribution in [0, 0.1) is 40.5 Å². The van der Waals surface area contributed by atoms with E-state index >= 15 is 0 Å². The first-order valence-corrected chi connectivity index (χ1v) is 16.2. The highest BCUT2D eigenvalue weighted by molar-refractivity contribution is 5.72. The molecular weight excluding hydrogens is 664 g/mol. The lowest BCUT2D eigenvalue weighted by molar-refractivity contribution is -0.396. The van der Waals surface area contributed by atoms with E-state index in [0.717, 1.165) is 72.0 Å². The highest BCUT2D eigenvalue weighted by Gasteiger charge is 2.33. The third-order valence-corrected chi connectivity index (χ3v) is 7.77. The van der Waals surface area contributed by atoms with Crippen LogP contribution in [0.15, 0.2) is 24.3 Å². The second-order valence-electron chi connectivity index (χ2n) is 11.1. The van der Waals surface area contributed by atoms with E-state index in [1.807, 2.05) is 20.8 Å². The molecule has 0 spiro atoms. The predicted molar refractivity (Wildman–Crippen MR) is 180 cm³/mol. The van der Waals surface area contributed by atoms with Gasteiger partial charge in [-0.15, -0.1) is 0 Å². The number of benzene rings is 2. The molecule has 0 saturated heterocycles. The van der Waals surface area contributed by atoms with Crippen molar-refractivity contribution in [3.8, 4) is 11.5 Å². The highest BCUT2D eigenvalue weighted by Crippen LogP contribution is 2.43. The van der Waals surface area contributed by atoms with Crippen LogP contribution in [0.2, 0.25) is 0 Å². The molecule has 2 aromatic carbocycles. The number of unbranched alkanes of at least 4 members (excludes halogenated alkanes) is 3. The van der Waals surface area contributed by atoms with Gasteiger partial charge in [-0.3, -0.25) is 40.5 Å². The van der Waals surface area contributed by atoms with Gasteiger partial charge in [0.25, 0.3) is 11.5 Å². The molecule has 18 nitrogen and oxygen atoms in total. The Balaban J connectivity index is 0.000000500. The fourth-order valence-corrected chi connectivity index (χ4v) is 5.24. The van der Waals surface area contributed by atoms with E-state index in [1.54, 1.807) is 0 Å². The van der Waals surface area contributed by atoms with Gasteiger partial charge in [-0.05, 0) is 48.6 Å². The smallest absolute Gasteiger partial charge is 0.437 e. The zero-order valence-corrected chi connectivity index (χ0v) is 29.0. The lowest BCUT2D eigenvalue weighted by Crippen LogP contribution is -2.11. The van der Waals surface area contributed by atoms with E-state index < -0.39 is 66.3 Å². The first kappa shape index (κ1) is 42.6. The summed E-state index contributed by atoms with van der Waals surface area (Å²) < 4.78 is 17.9. The maximum absolute atomic E-state index is 11.4. The topological polar surface area (TPSA) is 244 Å². The lowest BCUT2D eigenvalue weighted by Gasteiger charge is -2.17. The zero-order valence-electron chi connectivity index (χ0n) is 29.0. The van der Waals surface area contributed by atoms with Crippen molar-refractivity contribution in [2.24, 2.45) is 0 Å². The van der Waals surface area contributed by atoms with E-state index in [4.69, 9.17) is 0 Å². The van der Waals surface area contributed by atoms with Crippen LogP contribution in [0.3, 0.4) is 0 Å². The predicted octanol–water partition coefficient (Wildman–Crippen LogP) is 9.44. The normalized spacial score (nSPS) is 11.6. The molecule has 18 heteroatoms. The summed E-state index contributed by atoms with van der Waals surface area (Å²) >= 11 is 0. The molecule has 0 radical (unpaired) electrons. The second-order valence-corrected chi connectivity index (χ2v) is 11.1. The van der Waals surface area contributed by atoms with Crippen molar-refractivity contribution in [1.82, 2.24) is 0 Å². The van der Waals surface area contributed by atoms with Gasteiger partial charge in [0.2, 0.25) is 0 Å². The number of rotatable bonds is 18. The van der Waals surface area contributed by atoms with Crippen LogP contribution in [0.1, 0.15) is 115 Å². The number of carbonyl (C=O) groups is 2. The van der Waals surface area contributed by atoms with Gasteiger partial charge in [-0.2, -0.15) is 0 Å². The SMILES string of the molecule is CCCCC(CCC)c1cc([N+](=O)[O-])c(OC(=O)OC)c([N+](=O)[O-])c1.CCCCCC(CC)c1cc([N+](=O)[O-])c(OC(=O)OC)c([N+](=O)[O-])c1. The molecule has 50 heavy (non-hydrogen) atoms. The average molecular weight is 709 g/mol. The quantitative estimate of drug-likeness (QED) is 0.0460. The van der Waals surface area contributed by atoms with Crippen molar-refractivity contribution < 1.29 is 48.2 Å². The summed E-state index contributed by atoms with van der Waals surface area (Å²) in [5.74, 6) is -1.50. The molecule has 2 atom stereocenters. The molecule has 0 bridgehead atoms. The molecule has 0 saturated carbocycles. The van der Waals surface area contributed by atoms with Crippen molar-refractivity contribution in [3.63, 3.8) is 0 Å². The van der Waals surface area contributed by atoms with Crippen LogP contribution in [0.5, 0.6) is 11.5 Å². The summed E-state index contributed by atoms with van der Waals surface area (Å²) in [6, 6.07) is 4.99. The van der Waals surface area contributed by atoms with Crippen molar-refractivity contribution in [3.05, 3.63) is 75.8 Å². The van der Waals surface area contributed by atoms with E-state index in [-0.39, 0.29) is 11.8 Å². The lowest BCUT2D eigenvalue weighted by atomic mass is 9.89. The number of methoxy groups -OCH3 is 2. The molecule has 0 aromatic heterocycles. The summed E-state index contributed by atoms with van der Waals surface area (Å²) in [6.07, 6.45) is 6.16. The number of nitrogens with zero attached hydrogens (tertiary/aromatic N) is 4. The van der Waals surface area contributed by atoms with Gasteiger partial charge < -0.3 is 18.9 Å². The Morgan fingerprint density at radius 3 is 1.22 bits per heavy atom. The van der Waals surface area contributed by atoms with Gasteiger partial charge in [0, 0.05) is 24.3 Å². The van der Waals surface area contributed by atoms with Crippen LogP contribution in [-0.4, -0.2) is 46.2 Å². The van der Waals surface area contributed by atoms with Crippen molar-refractivity contribution in [1.29, 1.82) is 0 Å². The van der Waals surface area contributed by atoms with Crippen LogP contribution in [0.4, 0.5) is 32.3 Å². The summed E-state index contributed by atoms with van der Waals surface area (Å²) in [6.45, 7) is 8.00. The standard InChI is InChI=1S/2C16H22N2O7/c1-4-6-7-8-11(5-2)12-9-13(17(20)21)15(25-16(19)24-3)14(10-12)18(22)23;1-4-6-8-11(7-5-2)12-9-13(17(20)21)15(25-16(19)24-3)14(10-12)18(22)23/h2*9-11H,4-8H2,1-3H3. The summed E-state index contributed by atoms with van der Waals surface area (Å²) in [5.41, 5.74) is -1.48. The fraction of sp³-hybridized carbons (Fsp3) is 0.562. The minimum atomic E-state index is -1.26. The minimum absolute atomic E-state index is 0.0328. The number of nitro groups is 4. The van der Waals surface area contributed by atoms with E-state index in [1.165, 1.54) is 24.3 Å². The van der Waals surface area contributed by atoms with Gasteiger partial charge in [0.05, 0.1) is 33.9 Å². The van der Waals surface area contributed by atoms with Gasteiger partial charge in [-0.1, -0.05) is 66.2 Å². The molecule has 0 heterocycles. The first-order chi connectivity index (χ1) is 23.7. The van der Waals surface area contributed by atoms with Gasteiger partial charge in [0.1, 0.15) is 0 Å². The molecular formula is C32H44N4O14. The Labute approximate surface area is 288 Å². The van der Waals surface area contributed by atoms with Gasteiger partial charge in [0.15, 0.2) is 0 Å². The molecule has 0 aliphatic rings. The average Bonchev–Trinajstić information content (AvgIpc) is 3.08. The third-order valence-electron chi connectivity index (χ3n) is 7.77. The third kappa shape index (κ3) is 12.6. The molecule has 276 valence electrons. The Hall–Kier alpha value is -5.42. The Bertz CT molecular complexity index is 1440. The Kier molecular flexibility index (Phi) is 18.3. The molecule has 2 unspecified atom stereocenters. The number of carbonyl (C=O) groups excluding carboxylic acids is 2. The van der Waals surface area contributed by atoms with Crippen LogP contribution in [0.25, 0.3) is 0 Å².